The second-order valence-corrected chi connectivity index (χ2v) is 6.78. The molecule has 0 aliphatic carbocycles. The maximum atomic E-state index is 12.0. The van der Waals surface area contributed by atoms with Crippen molar-refractivity contribution in [3.8, 4) is 0 Å². The molecule has 1 aromatic rings. The van der Waals surface area contributed by atoms with Crippen molar-refractivity contribution in [3.63, 3.8) is 0 Å². The van der Waals surface area contributed by atoms with Crippen molar-refractivity contribution >= 4 is 23.2 Å². The number of rotatable bonds is 8. The highest BCUT2D eigenvalue weighted by Crippen LogP contribution is 2.25. The van der Waals surface area contributed by atoms with E-state index >= 15 is 0 Å². The number of benzene rings is 1. The van der Waals surface area contributed by atoms with Gasteiger partial charge in [-0.15, -0.1) is 0 Å². The molecule has 0 aromatic heterocycles. The lowest BCUT2D eigenvalue weighted by Crippen LogP contribution is -2.18. The Labute approximate surface area is 145 Å². The first-order valence-corrected chi connectivity index (χ1v) is 8.49. The molecule has 0 fully saturated rings. The molecule has 0 aliphatic heterocycles. The fourth-order valence-electron chi connectivity index (χ4n) is 2.72. The van der Waals surface area contributed by atoms with Crippen LogP contribution in [0.4, 0.5) is 11.4 Å². The summed E-state index contributed by atoms with van der Waals surface area (Å²) in [7, 11) is 0. The molecule has 0 heterocycles. The van der Waals surface area contributed by atoms with Gasteiger partial charge in [0, 0.05) is 18.3 Å². The molecule has 2 N–H and O–H groups in total. The number of hydrogen-bond donors (Lipinski definition) is 2. The van der Waals surface area contributed by atoms with Gasteiger partial charge in [-0.3, -0.25) is 9.59 Å². The first-order valence-electron chi connectivity index (χ1n) is 8.49. The van der Waals surface area contributed by atoms with Gasteiger partial charge in [0.25, 0.3) is 0 Å². The van der Waals surface area contributed by atoms with Crippen LogP contribution in [0.25, 0.3) is 0 Å². The molecule has 2 amide bonds. The van der Waals surface area contributed by atoms with Crippen LogP contribution in [0.15, 0.2) is 12.1 Å². The van der Waals surface area contributed by atoms with Gasteiger partial charge in [0.2, 0.25) is 11.8 Å². The molecule has 24 heavy (non-hydrogen) atoms. The van der Waals surface area contributed by atoms with E-state index in [1.807, 2.05) is 32.9 Å². The normalized spacial score (nSPS) is 12.1. The second kappa shape index (κ2) is 9.42. The third kappa shape index (κ3) is 7.13. The minimum atomic E-state index is -0.106. The van der Waals surface area contributed by atoms with Crippen LogP contribution in [0.3, 0.4) is 0 Å². The summed E-state index contributed by atoms with van der Waals surface area (Å²) in [5, 5.41) is 5.70. The molecule has 0 saturated heterocycles. The number of aryl methyl sites for hydroxylation is 2. The average molecular weight is 334 g/mol. The highest BCUT2D eigenvalue weighted by molar-refractivity contribution is 5.93. The molecule has 1 rings (SSSR count). The first-order chi connectivity index (χ1) is 11.2. The van der Waals surface area contributed by atoms with Gasteiger partial charge >= 0.3 is 0 Å². The van der Waals surface area contributed by atoms with E-state index in [2.05, 4.69) is 24.5 Å². The molecule has 0 aliphatic rings. The summed E-state index contributed by atoms with van der Waals surface area (Å²) < 4.78 is 5.66. The number of carbonyl (C=O) groups is 2. The fraction of sp³-hybridized carbons (Fsp3) is 0.579. The van der Waals surface area contributed by atoms with Crippen LogP contribution >= 0.6 is 0 Å². The quantitative estimate of drug-likeness (QED) is 0.754. The Morgan fingerprint density at radius 3 is 2.17 bits per heavy atom. The van der Waals surface area contributed by atoms with E-state index in [1.54, 1.807) is 0 Å². The van der Waals surface area contributed by atoms with Crippen LogP contribution in [-0.2, 0) is 14.3 Å². The third-order valence-corrected chi connectivity index (χ3v) is 3.65. The Hall–Kier alpha value is -1.88. The van der Waals surface area contributed by atoms with Crippen LogP contribution in [0, 0.1) is 19.8 Å². The van der Waals surface area contributed by atoms with Crippen molar-refractivity contribution < 1.29 is 14.3 Å². The molecular formula is C19H30N2O3. The van der Waals surface area contributed by atoms with Gasteiger partial charge in [-0.1, -0.05) is 13.8 Å². The number of hydrogen-bond acceptors (Lipinski definition) is 3. The predicted molar refractivity (Wildman–Crippen MR) is 98.3 cm³/mol. The Bertz CT molecular complexity index is 559. The first kappa shape index (κ1) is 20.2. The monoisotopic (exact) mass is 334 g/mol. The average Bonchev–Trinajstić information content (AvgIpc) is 2.41. The summed E-state index contributed by atoms with van der Waals surface area (Å²) in [6.45, 7) is 12.1. The molecule has 1 aromatic carbocycles. The minimum absolute atomic E-state index is 0.0715. The zero-order valence-corrected chi connectivity index (χ0v) is 15.7. The van der Waals surface area contributed by atoms with Gasteiger partial charge in [-0.2, -0.15) is 0 Å². The van der Waals surface area contributed by atoms with Gasteiger partial charge in [0.1, 0.15) is 0 Å². The molecule has 0 spiro atoms. The number of amides is 2. The van der Waals surface area contributed by atoms with E-state index in [0.717, 1.165) is 28.9 Å². The van der Waals surface area contributed by atoms with E-state index < -0.39 is 0 Å². The maximum absolute atomic E-state index is 12.0. The number of carbonyl (C=O) groups excluding carboxylic acids is 2. The molecule has 0 bridgehead atoms. The number of nitrogens with one attached hydrogen (secondary N) is 2. The third-order valence-electron chi connectivity index (χ3n) is 3.65. The topological polar surface area (TPSA) is 67.4 Å². The van der Waals surface area contributed by atoms with Crippen molar-refractivity contribution in [1.29, 1.82) is 0 Å². The largest absolute Gasteiger partial charge is 0.378 e. The highest BCUT2D eigenvalue weighted by Gasteiger charge is 2.10. The van der Waals surface area contributed by atoms with E-state index in [1.165, 1.54) is 6.92 Å². The van der Waals surface area contributed by atoms with Crippen LogP contribution < -0.4 is 10.6 Å². The van der Waals surface area contributed by atoms with Crippen LogP contribution in [0.2, 0.25) is 0 Å². The van der Waals surface area contributed by atoms with Gasteiger partial charge in [-0.05, 0) is 56.4 Å². The summed E-state index contributed by atoms with van der Waals surface area (Å²) in [6, 6.07) is 3.72. The maximum Gasteiger partial charge on any atom is 0.226 e. The minimum Gasteiger partial charge on any atom is -0.378 e. The Kier molecular flexibility index (Phi) is 7.92. The summed E-state index contributed by atoms with van der Waals surface area (Å²) in [5.41, 5.74) is 3.37. The van der Waals surface area contributed by atoms with Gasteiger partial charge in [0.15, 0.2) is 0 Å². The molecular weight excluding hydrogens is 304 g/mol. The van der Waals surface area contributed by atoms with E-state index in [0.29, 0.717) is 18.9 Å². The Morgan fingerprint density at radius 2 is 1.67 bits per heavy atom. The lowest BCUT2D eigenvalue weighted by atomic mass is 10.1. The highest BCUT2D eigenvalue weighted by atomic mass is 16.5. The predicted octanol–water partition coefficient (Wildman–Crippen LogP) is 4.04. The van der Waals surface area contributed by atoms with Crippen LogP contribution in [0.5, 0.6) is 0 Å². The number of ether oxygens (including phenoxy) is 1. The molecule has 1 atom stereocenters. The Balaban J connectivity index is 2.54. The molecule has 5 heteroatoms. The lowest BCUT2D eigenvalue weighted by molar-refractivity contribution is -0.117. The SMILES string of the molecule is CC(=O)Nc1c(C)cc(NC(=O)CCOC(C)CC(C)C)cc1C. The summed E-state index contributed by atoms with van der Waals surface area (Å²) in [5.74, 6) is 0.408. The van der Waals surface area contributed by atoms with Crippen molar-refractivity contribution in [2.75, 3.05) is 17.2 Å². The molecule has 1 unspecified atom stereocenters. The molecule has 0 radical (unpaired) electrons. The lowest BCUT2D eigenvalue weighted by Gasteiger charge is -2.16. The van der Waals surface area contributed by atoms with E-state index in [4.69, 9.17) is 4.74 Å². The van der Waals surface area contributed by atoms with Crippen molar-refractivity contribution in [3.05, 3.63) is 23.3 Å². The zero-order valence-electron chi connectivity index (χ0n) is 15.7. The Morgan fingerprint density at radius 1 is 1.08 bits per heavy atom. The van der Waals surface area contributed by atoms with Crippen LogP contribution in [-0.4, -0.2) is 24.5 Å². The van der Waals surface area contributed by atoms with Crippen molar-refractivity contribution in [1.82, 2.24) is 0 Å². The molecule has 5 nitrogen and oxygen atoms in total. The van der Waals surface area contributed by atoms with Gasteiger partial charge < -0.3 is 15.4 Å². The van der Waals surface area contributed by atoms with E-state index in [9.17, 15) is 9.59 Å². The summed E-state index contributed by atoms with van der Waals surface area (Å²) in [6.07, 6.45) is 1.48. The van der Waals surface area contributed by atoms with Gasteiger partial charge in [-0.25, -0.2) is 0 Å². The van der Waals surface area contributed by atoms with Gasteiger partial charge in [0.05, 0.1) is 19.1 Å². The standard InChI is InChI=1S/C19H30N2O3/c1-12(2)9-15(5)24-8-7-18(23)21-17-10-13(3)19(14(4)11-17)20-16(6)22/h10-12,15H,7-9H2,1-6H3,(H,20,22)(H,21,23). The fourth-order valence-corrected chi connectivity index (χ4v) is 2.72. The smallest absolute Gasteiger partial charge is 0.226 e. The molecule has 134 valence electrons. The van der Waals surface area contributed by atoms with Crippen molar-refractivity contribution in [2.24, 2.45) is 5.92 Å². The summed E-state index contributed by atoms with van der Waals surface area (Å²) in [4.78, 5) is 23.3. The summed E-state index contributed by atoms with van der Waals surface area (Å²) >= 11 is 0. The zero-order chi connectivity index (χ0) is 18.3. The van der Waals surface area contributed by atoms with Crippen molar-refractivity contribution in [2.45, 2.75) is 60.5 Å². The number of anilines is 2. The molecule has 0 saturated carbocycles. The van der Waals surface area contributed by atoms with E-state index in [-0.39, 0.29) is 17.9 Å². The van der Waals surface area contributed by atoms with Crippen LogP contribution in [0.1, 0.15) is 51.7 Å². The second-order valence-electron chi connectivity index (χ2n) is 6.78.